The zero-order valence-electron chi connectivity index (χ0n) is 7.91. The smallest absolute Gasteiger partial charge is 0.127 e. The Hall–Kier alpha value is -1.40. The lowest BCUT2D eigenvalue weighted by molar-refractivity contribution is 0.479. The van der Waals surface area contributed by atoms with Gasteiger partial charge in [-0.15, -0.1) is 8.19 Å². The van der Waals surface area contributed by atoms with Crippen molar-refractivity contribution in [3.63, 3.8) is 0 Å². The van der Waals surface area contributed by atoms with E-state index >= 15 is 0 Å². The molecule has 0 radical (unpaired) electrons. The van der Waals surface area contributed by atoms with Crippen LogP contribution in [0.3, 0.4) is 0 Å². The molecule has 2 rings (SSSR count). The van der Waals surface area contributed by atoms with Gasteiger partial charge in [-0.2, -0.15) is 0 Å². The van der Waals surface area contributed by atoms with E-state index in [1.165, 1.54) is 0 Å². The predicted molar refractivity (Wildman–Crippen MR) is 62.6 cm³/mol. The molecule has 2 N–H and O–H groups in total. The highest BCUT2D eigenvalue weighted by molar-refractivity contribution is 7.33. The summed E-state index contributed by atoms with van der Waals surface area (Å²) in [4.78, 5) is 0. The lowest BCUT2D eigenvalue weighted by atomic mass is 10.1. The Morgan fingerprint density at radius 2 is 1.86 bits per heavy atom. The first kappa shape index (κ1) is 9.17. The van der Waals surface area contributed by atoms with Gasteiger partial charge in [0, 0.05) is 18.0 Å². The molecule has 0 fully saturated rings. The van der Waals surface area contributed by atoms with Crippen molar-refractivity contribution in [3.8, 4) is 16.6 Å². The largest absolute Gasteiger partial charge is 0.507 e. The summed E-state index contributed by atoms with van der Waals surface area (Å²) < 4.78 is 0. The molecule has 2 nitrogen and oxygen atoms in total. The third-order valence-corrected chi connectivity index (χ3v) is 3.35. The first-order valence-corrected chi connectivity index (χ1v) is 5.53. The zero-order chi connectivity index (χ0) is 9.97. The van der Waals surface area contributed by atoms with Gasteiger partial charge in [0.05, 0.1) is 0 Å². The minimum absolute atomic E-state index is 0.403. The van der Waals surface area contributed by atoms with Crippen molar-refractivity contribution in [1.82, 2.24) is 0 Å². The van der Waals surface area contributed by atoms with Gasteiger partial charge in [0.25, 0.3) is 0 Å². The summed E-state index contributed by atoms with van der Waals surface area (Å²) in [5, 5.41) is 13.7. The molecule has 1 atom stereocenters. The molecule has 0 saturated carbocycles. The van der Waals surface area contributed by atoms with E-state index in [4.69, 9.17) is 0 Å². The highest BCUT2D eigenvalue weighted by Gasteiger charge is 2.03. The number of nitrogens with one attached hydrogen (secondary N) is 1. The van der Waals surface area contributed by atoms with Gasteiger partial charge in [0.15, 0.2) is 0 Å². The third kappa shape index (κ3) is 1.61. The Morgan fingerprint density at radius 1 is 1.14 bits per heavy atom. The summed E-state index contributed by atoms with van der Waals surface area (Å²) in [5.74, 6) is 2.40. The molecule has 0 aliphatic rings. The van der Waals surface area contributed by atoms with Gasteiger partial charge in [-0.1, -0.05) is 12.1 Å². The molecule has 72 valence electrons. The van der Waals surface area contributed by atoms with Crippen molar-refractivity contribution in [2.24, 2.45) is 0 Å². The quantitative estimate of drug-likeness (QED) is 0.789. The van der Waals surface area contributed by atoms with Gasteiger partial charge < -0.3 is 10.4 Å². The van der Waals surface area contributed by atoms with Crippen LogP contribution in [0.1, 0.15) is 0 Å². The van der Waals surface area contributed by atoms with Crippen LogP contribution in [0.5, 0.6) is 5.75 Å². The Labute approximate surface area is 84.7 Å². The fourth-order valence-corrected chi connectivity index (χ4v) is 2.37. The number of benzene rings is 1. The molecule has 2 aromatic rings. The molecule has 1 unspecified atom stereocenters. The van der Waals surface area contributed by atoms with Gasteiger partial charge in [0.2, 0.25) is 0 Å². The molecule has 0 aliphatic carbocycles. The van der Waals surface area contributed by atoms with Crippen molar-refractivity contribution >= 4 is 13.9 Å². The SMILES string of the molecule is CNc1ccc(-c2[pH]ccc2O)cc1. The average Bonchev–Trinajstić information content (AvgIpc) is 2.65. The van der Waals surface area contributed by atoms with Crippen molar-refractivity contribution in [1.29, 1.82) is 0 Å². The van der Waals surface area contributed by atoms with Crippen LogP contribution >= 0.6 is 8.19 Å². The normalized spacial score (nSPS) is 10.6. The van der Waals surface area contributed by atoms with Crippen LogP contribution in [0.2, 0.25) is 0 Å². The van der Waals surface area contributed by atoms with Crippen molar-refractivity contribution in [2.45, 2.75) is 0 Å². The van der Waals surface area contributed by atoms with E-state index in [1.54, 1.807) is 6.07 Å². The van der Waals surface area contributed by atoms with E-state index in [9.17, 15) is 5.11 Å². The third-order valence-electron chi connectivity index (χ3n) is 2.19. The predicted octanol–water partition coefficient (Wildman–Crippen LogP) is 3.13. The van der Waals surface area contributed by atoms with Crippen LogP contribution in [0.15, 0.2) is 36.1 Å². The topological polar surface area (TPSA) is 32.3 Å². The maximum absolute atomic E-state index is 9.55. The van der Waals surface area contributed by atoms with E-state index in [0.717, 1.165) is 16.5 Å². The Balaban J connectivity index is 2.39. The Bertz CT molecular complexity index is 419. The van der Waals surface area contributed by atoms with E-state index in [1.807, 2.05) is 37.1 Å². The Morgan fingerprint density at radius 3 is 2.36 bits per heavy atom. The summed E-state index contributed by atoms with van der Waals surface area (Å²) in [6, 6.07) is 9.84. The minimum Gasteiger partial charge on any atom is -0.507 e. The summed E-state index contributed by atoms with van der Waals surface area (Å²) in [5.41, 5.74) is 2.19. The summed E-state index contributed by atoms with van der Waals surface area (Å²) in [6.07, 6.45) is 0. The van der Waals surface area contributed by atoms with Crippen LogP contribution in [0, 0.1) is 0 Å². The fourth-order valence-electron chi connectivity index (χ4n) is 1.40. The summed E-state index contributed by atoms with van der Waals surface area (Å²) in [7, 11) is 2.48. The molecule has 1 aromatic carbocycles. The number of hydrogen-bond acceptors (Lipinski definition) is 2. The second-order valence-electron chi connectivity index (χ2n) is 3.07. The number of aromatic hydroxyl groups is 1. The molecule has 1 aromatic heterocycles. The molecule has 0 amide bonds. The number of hydrogen-bond donors (Lipinski definition) is 2. The fraction of sp³-hybridized carbons (Fsp3) is 0.0909. The van der Waals surface area contributed by atoms with E-state index in [-0.39, 0.29) is 0 Å². The molecule has 14 heavy (non-hydrogen) atoms. The molecular formula is C11H12NOP. The van der Waals surface area contributed by atoms with E-state index in [0.29, 0.717) is 13.9 Å². The highest BCUT2D eigenvalue weighted by atomic mass is 31.0. The maximum atomic E-state index is 9.55. The maximum Gasteiger partial charge on any atom is 0.127 e. The highest BCUT2D eigenvalue weighted by Crippen LogP contribution is 2.37. The molecule has 0 aliphatic heterocycles. The van der Waals surface area contributed by atoms with Crippen molar-refractivity contribution in [3.05, 3.63) is 36.1 Å². The Kier molecular flexibility index (Phi) is 2.47. The van der Waals surface area contributed by atoms with Crippen molar-refractivity contribution in [2.75, 3.05) is 12.4 Å². The standard InChI is InChI=1S/C11H12NOP/c1-12-9-4-2-8(3-5-9)11-10(13)6-7-14-11/h2-7,12-14H,1H3. The molecule has 0 saturated heterocycles. The zero-order valence-corrected chi connectivity index (χ0v) is 8.91. The molecule has 1 heterocycles. The number of anilines is 1. The summed E-state index contributed by atoms with van der Waals surface area (Å²) in [6.45, 7) is 0. The van der Waals surface area contributed by atoms with E-state index < -0.39 is 0 Å². The van der Waals surface area contributed by atoms with Gasteiger partial charge in [0.1, 0.15) is 5.75 Å². The van der Waals surface area contributed by atoms with Crippen LogP contribution in [-0.2, 0) is 0 Å². The van der Waals surface area contributed by atoms with Gasteiger partial charge >= 0.3 is 0 Å². The second-order valence-corrected chi connectivity index (χ2v) is 4.19. The number of rotatable bonds is 2. The molecule has 0 bridgehead atoms. The van der Waals surface area contributed by atoms with Crippen LogP contribution < -0.4 is 5.32 Å². The van der Waals surface area contributed by atoms with Gasteiger partial charge in [-0.05, 0) is 29.6 Å². The first-order valence-electron chi connectivity index (χ1n) is 4.46. The average molecular weight is 205 g/mol. The second kappa shape index (κ2) is 3.77. The van der Waals surface area contributed by atoms with Gasteiger partial charge in [-0.25, -0.2) is 0 Å². The van der Waals surface area contributed by atoms with Crippen LogP contribution in [-0.4, -0.2) is 12.2 Å². The van der Waals surface area contributed by atoms with Crippen molar-refractivity contribution < 1.29 is 5.11 Å². The lowest BCUT2D eigenvalue weighted by Crippen LogP contribution is -1.86. The molecule has 0 spiro atoms. The van der Waals surface area contributed by atoms with Gasteiger partial charge in [-0.3, -0.25) is 0 Å². The monoisotopic (exact) mass is 205 g/mol. The lowest BCUT2D eigenvalue weighted by Gasteiger charge is -2.02. The summed E-state index contributed by atoms with van der Waals surface area (Å²) >= 11 is 0. The molecule has 3 heteroatoms. The van der Waals surface area contributed by atoms with Crippen LogP contribution in [0.25, 0.3) is 10.9 Å². The first-order chi connectivity index (χ1) is 6.81. The minimum atomic E-state index is 0.403. The van der Waals surface area contributed by atoms with Crippen LogP contribution in [0.4, 0.5) is 5.69 Å². The molecular weight excluding hydrogens is 193 g/mol. The van der Waals surface area contributed by atoms with E-state index in [2.05, 4.69) is 5.32 Å².